The van der Waals surface area contributed by atoms with Gasteiger partial charge in [0.1, 0.15) is 0 Å². The van der Waals surface area contributed by atoms with E-state index in [2.05, 4.69) is 30.3 Å². The lowest BCUT2D eigenvalue weighted by Gasteiger charge is -2.27. The molecule has 2 heteroatoms. The van der Waals surface area contributed by atoms with Crippen LogP contribution in [0.5, 0.6) is 0 Å². The predicted molar refractivity (Wildman–Crippen MR) is 83.5 cm³/mol. The van der Waals surface area contributed by atoms with Gasteiger partial charge in [0.25, 0.3) is 0 Å². The summed E-state index contributed by atoms with van der Waals surface area (Å²) < 4.78 is 5.46. The minimum absolute atomic E-state index is 0.115. The van der Waals surface area contributed by atoms with E-state index in [0.29, 0.717) is 5.92 Å². The second kappa shape index (κ2) is 5.05. The Bertz CT molecular complexity index is 633. The lowest BCUT2D eigenvalue weighted by molar-refractivity contribution is 0.0651. The maximum Gasteiger partial charge on any atom is 0.0621 e. The highest BCUT2D eigenvalue weighted by molar-refractivity contribution is 6.22. The van der Waals surface area contributed by atoms with E-state index in [9.17, 15) is 0 Å². The van der Waals surface area contributed by atoms with Crippen molar-refractivity contribution in [3.63, 3.8) is 0 Å². The molecule has 2 aromatic carbocycles. The van der Waals surface area contributed by atoms with Crippen LogP contribution in [0.4, 0.5) is 0 Å². The first-order chi connectivity index (χ1) is 9.84. The van der Waals surface area contributed by atoms with E-state index in [1.807, 2.05) is 0 Å². The summed E-state index contributed by atoms with van der Waals surface area (Å²) in [6.45, 7) is 1.71. The van der Waals surface area contributed by atoms with Crippen LogP contribution in [-0.4, -0.2) is 13.2 Å². The number of aryl methyl sites for hydroxylation is 2. The number of rotatable bonds is 2. The third-order valence-corrected chi connectivity index (χ3v) is 5.48. The molecule has 1 aliphatic carbocycles. The zero-order valence-corrected chi connectivity index (χ0v) is 12.3. The monoisotopic (exact) mass is 286 g/mol. The van der Waals surface area contributed by atoms with Gasteiger partial charge in [-0.2, -0.15) is 0 Å². The molecular weight excluding hydrogens is 268 g/mol. The van der Waals surface area contributed by atoms with Crippen LogP contribution in [0.3, 0.4) is 0 Å². The van der Waals surface area contributed by atoms with Gasteiger partial charge in [-0.25, -0.2) is 0 Å². The molecule has 4 rings (SSSR count). The van der Waals surface area contributed by atoms with Crippen LogP contribution in [0.25, 0.3) is 10.8 Å². The number of halogens is 1. The molecule has 104 valence electrons. The van der Waals surface area contributed by atoms with E-state index in [1.165, 1.54) is 40.3 Å². The molecule has 1 heterocycles. The maximum absolute atomic E-state index is 6.83. The molecule has 1 atom stereocenters. The Morgan fingerprint density at radius 2 is 1.75 bits per heavy atom. The summed E-state index contributed by atoms with van der Waals surface area (Å²) in [6.07, 6.45) is 4.52. The first-order valence-electron chi connectivity index (χ1n) is 7.60. The maximum atomic E-state index is 6.83. The highest BCUT2D eigenvalue weighted by atomic mass is 35.5. The molecule has 0 radical (unpaired) electrons. The van der Waals surface area contributed by atoms with Gasteiger partial charge in [-0.15, -0.1) is 11.6 Å². The van der Waals surface area contributed by atoms with Crippen molar-refractivity contribution in [1.29, 1.82) is 0 Å². The largest absolute Gasteiger partial charge is 0.381 e. The Balaban J connectivity index is 1.80. The van der Waals surface area contributed by atoms with E-state index in [4.69, 9.17) is 16.3 Å². The molecule has 0 N–H and O–H groups in total. The summed E-state index contributed by atoms with van der Waals surface area (Å²) in [4.78, 5) is 0. The number of hydrogen-bond donors (Lipinski definition) is 0. The van der Waals surface area contributed by atoms with Crippen LogP contribution in [0.2, 0.25) is 0 Å². The fourth-order valence-corrected chi connectivity index (χ4v) is 4.21. The zero-order chi connectivity index (χ0) is 13.5. The fourth-order valence-electron chi connectivity index (χ4n) is 3.77. The first-order valence-corrected chi connectivity index (χ1v) is 8.03. The lowest BCUT2D eigenvalue weighted by atomic mass is 9.88. The van der Waals surface area contributed by atoms with Crippen LogP contribution in [-0.2, 0) is 17.6 Å². The van der Waals surface area contributed by atoms with Crippen molar-refractivity contribution in [3.05, 3.63) is 47.0 Å². The highest BCUT2D eigenvalue weighted by Crippen LogP contribution is 2.41. The SMILES string of the molecule is ClC(c1ccc2c3c(cccc13)CC2)C1CCOCC1. The molecule has 1 saturated heterocycles. The average molecular weight is 287 g/mol. The topological polar surface area (TPSA) is 9.23 Å². The molecule has 1 nitrogen and oxygen atoms in total. The van der Waals surface area contributed by atoms with Gasteiger partial charge in [0, 0.05) is 13.2 Å². The van der Waals surface area contributed by atoms with Crippen molar-refractivity contribution in [3.8, 4) is 0 Å². The van der Waals surface area contributed by atoms with E-state index in [1.54, 1.807) is 0 Å². The molecule has 0 bridgehead atoms. The second-order valence-electron chi connectivity index (χ2n) is 6.01. The molecule has 1 fully saturated rings. The number of benzene rings is 2. The predicted octanol–water partition coefficient (Wildman–Crippen LogP) is 4.64. The summed E-state index contributed by atoms with van der Waals surface area (Å²) in [5.41, 5.74) is 4.31. The normalized spacial score (nSPS) is 20.4. The summed E-state index contributed by atoms with van der Waals surface area (Å²) in [7, 11) is 0. The molecule has 20 heavy (non-hydrogen) atoms. The van der Waals surface area contributed by atoms with Gasteiger partial charge in [-0.3, -0.25) is 0 Å². The molecule has 0 aromatic heterocycles. The minimum Gasteiger partial charge on any atom is -0.381 e. The number of ether oxygens (including phenoxy) is 1. The molecule has 0 amide bonds. The summed E-state index contributed by atoms with van der Waals surface area (Å²) in [5.74, 6) is 0.545. The van der Waals surface area contributed by atoms with Crippen molar-refractivity contribution >= 4 is 22.4 Å². The highest BCUT2D eigenvalue weighted by Gasteiger charge is 2.26. The molecule has 0 spiro atoms. The van der Waals surface area contributed by atoms with Crippen molar-refractivity contribution < 1.29 is 4.74 Å². The van der Waals surface area contributed by atoms with Crippen molar-refractivity contribution in [2.45, 2.75) is 31.1 Å². The van der Waals surface area contributed by atoms with E-state index in [0.717, 1.165) is 26.1 Å². The quantitative estimate of drug-likeness (QED) is 0.731. The van der Waals surface area contributed by atoms with Crippen LogP contribution in [0.1, 0.15) is 34.9 Å². The molecule has 2 aromatic rings. The van der Waals surface area contributed by atoms with Crippen LogP contribution in [0.15, 0.2) is 30.3 Å². The van der Waals surface area contributed by atoms with E-state index in [-0.39, 0.29) is 5.38 Å². The fraction of sp³-hybridized carbons (Fsp3) is 0.444. The van der Waals surface area contributed by atoms with Crippen LogP contribution >= 0.6 is 11.6 Å². The second-order valence-corrected chi connectivity index (χ2v) is 6.48. The molecule has 2 aliphatic rings. The Morgan fingerprint density at radius 3 is 2.55 bits per heavy atom. The van der Waals surface area contributed by atoms with Gasteiger partial charge in [0.15, 0.2) is 0 Å². The third kappa shape index (κ3) is 1.96. The van der Waals surface area contributed by atoms with E-state index >= 15 is 0 Å². The van der Waals surface area contributed by atoms with Crippen molar-refractivity contribution in [2.75, 3.05) is 13.2 Å². The van der Waals surface area contributed by atoms with Gasteiger partial charge < -0.3 is 4.74 Å². The summed E-state index contributed by atoms with van der Waals surface area (Å²) in [5, 5.41) is 2.97. The lowest BCUT2D eigenvalue weighted by Crippen LogP contribution is -2.19. The average Bonchev–Trinajstić information content (AvgIpc) is 2.93. The van der Waals surface area contributed by atoms with Gasteiger partial charge in [-0.1, -0.05) is 30.3 Å². The van der Waals surface area contributed by atoms with Crippen molar-refractivity contribution in [1.82, 2.24) is 0 Å². The number of hydrogen-bond acceptors (Lipinski definition) is 1. The van der Waals surface area contributed by atoms with Crippen LogP contribution in [0, 0.1) is 5.92 Å². The van der Waals surface area contributed by atoms with Crippen molar-refractivity contribution in [2.24, 2.45) is 5.92 Å². The Morgan fingerprint density at radius 1 is 1.00 bits per heavy atom. The number of alkyl halides is 1. The van der Waals surface area contributed by atoms with Gasteiger partial charge in [-0.05, 0) is 59.1 Å². The third-order valence-electron chi connectivity index (χ3n) is 4.89. The van der Waals surface area contributed by atoms with Gasteiger partial charge >= 0.3 is 0 Å². The Labute approximate surface area is 124 Å². The molecule has 0 saturated carbocycles. The zero-order valence-electron chi connectivity index (χ0n) is 11.6. The Kier molecular flexibility index (Phi) is 3.20. The van der Waals surface area contributed by atoms with E-state index < -0.39 is 0 Å². The van der Waals surface area contributed by atoms with Gasteiger partial charge in [0.05, 0.1) is 5.38 Å². The summed E-state index contributed by atoms with van der Waals surface area (Å²) >= 11 is 6.83. The summed E-state index contributed by atoms with van der Waals surface area (Å²) in [6, 6.07) is 11.3. The van der Waals surface area contributed by atoms with Crippen LogP contribution < -0.4 is 0 Å². The molecule has 1 aliphatic heterocycles. The minimum atomic E-state index is 0.115. The first kappa shape index (κ1) is 12.7. The standard InChI is InChI=1S/C18H19ClO/c19-18(14-8-10-20-11-9-14)16-7-6-13-5-4-12-2-1-3-15(16)17(12)13/h1-3,6-7,14,18H,4-5,8-11H2. The Hall–Kier alpha value is -1.05. The smallest absolute Gasteiger partial charge is 0.0621 e. The molecule has 1 unspecified atom stereocenters. The molecular formula is C18H19ClO. The van der Waals surface area contributed by atoms with Gasteiger partial charge in [0.2, 0.25) is 0 Å².